The van der Waals surface area contributed by atoms with E-state index >= 15 is 0 Å². The first kappa shape index (κ1) is 17.2. The summed E-state index contributed by atoms with van der Waals surface area (Å²) in [4.78, 5) is 12.0. The summed E-state index contributed by atoms with van der Waals surface area (Å²) in [6.07, 6.45) is -0.310. The maximum atomic E-state index is 12.0. The van der Waals surface area contributed by atoms with Crippen molar-refractivity contribution in [1.29, 1.82) is 0 Å². The van der Waals surface area contributed by atoms with Crippen LogP contribution >= 0.6 is 0 Å². The van der Waals surface area contributed by atoms with Crippen molar-refractivity contribution in [3.05, 3.63) is 53.8 Å². The van der Waals surface area contributed by atoms with E-state index in [1.165, 1.54) is 19.2 Å². The van der Waals surface area contributed by atoms with Crippen molar-refractivity contribution in [1.82, 2.24) is 10.0 Å². The smallest absolute Gasteiger partial charge is 0.287 e. The lowest BCUT2D eigenvalue weighted by molar-refractivity contribution is 0.0803. The number of hydrogen-bond acceptors (Lipinski definition) is 5. The minimum Gasteiger partial charge on any atom is -0.438 e. The van der Waals surface area contributed by atoms with Gasteiger partial charge in [-0.3, -0.25) is 4.79 Å². The van der Waals surface area contributed by atoms with Gasteiger partial charge in [-0.05, 0) is 24.7 Å². The van der Waals surface area contributed by atoms with Crippen LogP contribution in [0.15, 0.2) is 52.0 Å². The predicted molar refractivity (Wildman–Crippen MR) is 83.5 cm³/mol. The Bertz CT molecular complexity index is 755. The quantitative estimate of drug-likeness (QED) is 0.793. The largest absolute Gasteiger partial charge is 0.438 e. The predicted octanol–water partition coefficient (Wildman–Crippen LogP) is 1.31. The molecule has 23 heavy (non-hydrogen) atoms. The zero-order valence-corrected chi connectivity index (χ0v) is 13.6. The number of methoxy groups -OCH3 is 1. The summed E-state index contributed by atoms with van der Waals surface area (Å²) >= 11 is 0. The van der Waals surface area contributed by atoms with E-state index in [1.807, 2.05) is 30.3 Å². The van der Waals surface area contributed by atoms with Gasteiger partial charge in [0.1, 0.15) is 0 Å². The molecule has 0 spiro atoms. The van der Waals surface area contributed by atoms with Crippen LogP contribution in [-0.4, -0.2) is 35.0 Å². The van der Waals surface area contributed by atoms with Crippen molar-refractivity contribution in [2.24, 2.45) is 0 Å². The fraction of sp³-hybridized carbons (Fsp3) is 0.267. The molecule has 124 valence electrons. The fourth-order valence-electron chi connectivity index (χ4n) is 1.96. The van der Waals surface area contributed by atoms with Crippen molar-refractivity contribution >= 4 is 15.9 Å². The molecular formula is C15H18N2O5S. The van der Waals surface area contributed by atoms with Gasteiger partial charge in [-0.2, -0.15) is 0 Å². The molecule has 0 aliphatic rings. The summed E-state index contributed by atoms with van der Waals surface area (Å²) in [5.41, 5.74) is 0.924. The van der Waals surface area contributed by atoms with E-state index in [4.69, 9.17) is 9.15 Å². The van der Waals surface area contributed by atoms with Gasteiger partial charge in [-0.25, -0.2) is 13.1 Å². The highest BCUT2D eigenvalue weighted by atomic mass is 32.2. The minimum absolute atomic E-state index is 0.0817. The summed E-state index contributed by atoms with van der Waals surface area (Å²) in [7, 11) is -0.897. The van der Waals surface area contributed by atoms with Gasteiger partial charge in [-0.15, -0.1) is 0 Å². The number of rotatable bonds is 7. The Morgan fingerprint density at radius 2 is 1.91 bits per heavy atom. The molecule has 0 bridgehead atoms. The number of ether oxygens (including phenoxy) is 1. The summed E-state index contributed by atoms with van der Waals surface area (Å²) in [5, 5.41) is 2.35. The Labute approximate surface area is 134 Å². The molecule has 2 aromatic rings. The Hall–Kier alpha value is -2.16. The Morgan fingerprint density at radius 3 is 2.52 bits per heavy atom. The monoisotopic (exact) mass is 338 g/mol. The summed E-state index contributed by atoms with van der Waals surface area (Å²) < 4.78 is 35.7. The van der Waals surface area contributed by atoms with Crippen LogP contribution in [0, 0.1) is 0 Å². The van der Waals surface area contributed by atoms with E-state index in [1.54, 1.807) is 7.11 Å². The second-order valence-corrected chi connectivity index (χ2v) is 6.49. The van der Waals surface area contributed by atoms with E-state index in [0.29, 0.717) is 0 Å². The average Bonchev–Trinajstić information content (AvgIpc) is 3.07. The number of benzene rings is 1. The Morgan fingerprint density at radius 1 is 1.22 bits per heavy atom. The normalized spacial score (nSPS) is 12.8. The van der Waals surface area contributed by atoms with E-state index < -0.39 is 15.9 Å². The van der Waals surface area contributed by atoms with Crippen LogP contribution in [0.1, 0.15) is 22.2 Å². The van der Waals surface area contributed by atoms with Crippen molar-refractivity contribution in [2.75, 3.05) is 20.7 Å². The third-order valence-electron chi connectivity index (χ3n) is 3.24. The lowest BCUT2D eigenvalue weighted by Crippen LogP contribution is -2.28. The van der Waals surface area contributed by atoms with Crippen molar-refractivity contribution in [3.63, 3.8) is 0 Å². The van der Waals surface area contributed by atoms with Crippen LogP contribution in [0.5, 0.6) is 0 Å². The first-order valence-electron chi connectivity index (χ1n) is 6.87. The van der Waals surface area contributed by atoms with Crippen molar-refractivity contribution in [3.8, 4) is 0 Å². The van der Waals surface area contributed by atoms with E-state index in [2.05, 4.69) is 10.0 Å². The van der Waals surface area contributed by atoms with E-state index in [9.17, 15) is 13.2 Å². The molecule has 8 heteroatoms. The Balaban J connectivity index is 2.02. The number of sulfonamides is 1. The van der Waals surface area contributed by atoms with Gasteiger partial charge in [0.25, 0.3) is 15.9 Å². The van der Waals surface area contributed by atoms with Crippen LogP contribution in [0.2, 0.25) is 0 Å². The number of furan rings is 1. The average molecular weight is 338 g/mol. The number of hydrogen-bond donors (Lipinski definition) is 2. The van der Waals surface area contributed by atoms with Gasteiger partial charge in [0, 0.05) is 13.7 Å². The van der Waals surface area contributed by atoms with Crippen LogP contribution in [0.25, 0.3) is 0 Å². The lowest BCUT2D eigenvalue weighted by Gasteiger charge is -2.16. The van der Waals surface area contributed by atoms with Gasteiger partial charge < -0.3 is 14.5 Å². The summed E-state index contributed by atoms with van der Waals surface area (Å²) in [5.74, 6) is -0.595. The second kappa shape index (κ2) is 7.40. The molecule has 0 radical (unpaired) electrons. The molecule has 2 rings (SSSR count). The third kappa shape index (κ3) is 4.19. The lowest BCUT2D eigenvalue weighted by atomic mass is 10.1. The van der Waals surface area contributed by atoms with Crippen molar-refractivity contribution in [2.45, 2.75) is 11.2 Å². The molecule has 1 aromatic carbocycles. The molecule has 0 aliphatic heterocycles. The van der Waals surface area contributed by atoms with Crippen LogP contribution < -0.4 is 10.0 Å². The van der Waals surface area contributed by atoms with Gasteiger partial charge >= 0.3 is 0 Å². The summed E-state index contributed by atoms with van der Waals surface area (Å²) in [6.45, 7) is 0.230. The standard InChI is InChI=1S/C15H18N2O5S/c1-16-23(19,20)14-9-8-12(22-14)15(18)17-10-13(21-2)11-6-4-3-5-7-11/h3-9,13,16H,10H2,1-2H3,(H,17,18). The highest BCUT2D eigenvalue weighted by Gasteiger charge is 2.20. The first-order valence-corrected chi connectivity index (χ1v) is 8.35. The third-order valence-corrected chi connectivity index (χ3v) is 4.53. The fourth-order valence-corrected chi connectivity index (χ4v) is 2.61. The van der Waals surface area contributed by atoms with Crippen molar-refractivity contribution < 1.29 is 22.4 Å². The SMILES string of the molecule is CNS(=O)(=O)c1ccc(C(=O)NCC(OC)c2ccccc2)o1. The molecule has 1 aromatic heterocycles. The van der Waals surface area contributed by atoms with E-state index in [-0.39, 0.29) is 23.5 Å². The van der Waals surface area contributed by atoms with Gasteiger partial charge in [0.15, 0.2) is 5.76 Å². The van der Waals surface area contributed by atoms with Crippen LogP contribution in [-0.2, 0) is 14.8 Å². The van der Waals surface area contributed by atoms with Crippen LogP contribution in [0.3, 0.4) is 0 Å². The molecule has 2 N–H and O–H groups in total. The molecule has 0 fully saturated rings. The van der Waals surface area contributed by atoms with Gasteiger partial charge in [-0.1, -0.05) is 30.3 Å². The molecule has 1 heterocycles. The van der Waals surface area contributed by atoms with E-state index in [0.717, 1.165) is 5.56 Å². The van der Waals surface area contributed by atoms with Crippen LogP contribution in [0.4, 0.5) is 0 Å². The topological polar surface area (TPSA) is 97.6 Å². The molecule has 1 unspecified atom stereocenters. The molecule has 1 atom stereocenters. The maximum absolute atomic E-state index is 12.0. The highest BCUT2D eigenvalue weighted by molar-refractivity contribution is 7.89. The number of carbonyl (C=O) groups is 1. The highest BCUT2D eigenvalue weighted by Crippen LogP contribution is 2.16. The summed E-state index contributed by atoms with van der Waals surface area (Å²) in [6, 6.07) is 12.0. The number of carbonyl (C=O) groups excluding carboxylic acids is 1. The number of nitrogens with one attached hydrogen (secondary N) is 2. The zero-order chi connectivity index (χ0) is 16.9. The first-order chi connectivity index (χ1) is 11.0. The molecule has 0 saturated heterocycles. The van der Waals surface area contributed by atoms with Gasteiger partial charge in [0.2, 0.25) is 5.09 Å². The molecule has 1 amide bonds. The number of amides is 1. The molecule has 7 nitrogen and oxygen atoms in total. The maximum Gasteiger partial charge on any atom is 0.287 e. The Kier molecular flexibility index (Phi) is 5.54. The molecular weight excluding hydrogens is 320 g/mol. The molecule has 0 aliphatic carbocycles. The second-order valence-electron chi connectivity index (χ2n) is 4.67. The minimum atomic E-state index is -3.71. The zero-order valence-electron chi connectivity index (χ0n) is 12.8. The molecule has 0 saturated carbocycles. The van der Waals surface area contributed by atoms with Gasteiger partial charge in [0.05, 0.1) is 6.10 Å².